The zero-order valence-corrected chi connectivity index (χ0v) is 14.4. The van der Waals surface area contributed by atoms with Crippen molar-refractivity contribution in [3.8, 4) is 11.5 Å². The van der Waals surface area contributed by atoms with Crippen LogP contribution in [-0.4, -0.2) is 42.6 Å². The number of alkyl halides is 3. The summed E-state index contributed by atoms with van der Waals surface area (Å²) < 4.78 is 37.0. The SMILES string of the molecule is Cc1[nH]nc(CCc2nc(-c3ccccn3)no2)c1C.O=C(O)C(F)(F)F. The molecule has 27 heavy (non-hydrogen) atoms. The standard InChI is InChI=1S/C14H15N5O.C2HF3O2/c1-9-10(2)17-18-11(9)6-7-13-16-14(19-20-13)12-5-3-4-8-15-12;3-2(4,5)1(6)7/h3-5,8H,6-7H2,1-2H3,(H,17,18);(H,6,7). The number of carbonyl (C=O) groups is 1. The smallest absolute Gasteiger partial charge is 0.475 e. The Kier molecular flexibility index (Phi) is 6.27. The maximum atomic E-state index is 10.6. The van der Waals surface area contributed by atoms with E-state index in [2.05, 4.69) is 32.2 Å². The Morgan fingerprint density at radius 3 is 2.48 bits per heavy atom. The van der Waals surface area contributed by atoms with Crippen molar-refractivity contribution in [2.45, 2.75) is 32.9 Å². The molecule has 11 heteroatoms. The van der Waals surface area contributed by atoms with Gasteiger partial charge in [0.05, 0.1) is 5.69 Å². The first-order valence-electron chi connectivity index (χ1n) is 7.73. The van der Waals surface area contributed by atoms with Gasteiger partial charge >= 0.3 is 12.1 Å². The number of aromatic amines is 1. The fourth-order valence-electron chi connectivity index (χ4n) is 1.96. The lowest BCUT2D eigenvalue weighted by Gasteiger charge is -1.94. The summed E-state index contributed by atoms with van der Waals surface area (Å²) in [5.74, 6) is -1.63. The highest BCUT2D eigenvalue weighted by molar-refractivity contribution is 5.73. The molecule has 0 aliphatic carbocycles. The van der Waals surface area contributed by atoms with Gasteiger partial charge in [-0.25, -0.2) is 4.79 Å². The molecule has 0 saturated carbocycles. The Hall–Kier alpha value is -3.24. The first kappa shape index (κ1) is 20.1. The summed E-state index contributed by atoms with van der Waals surface area (Å²) in [5.41, 5.74) is 4.04. The highest BCUT2D eigenvalue weighted by Crippen LogP contribution is 2.15. The Bertz CT molecular complexity index is 890. The zero-order valence-electron chi connectivity index (χ0n) is 14.4. The third-order valence-corrected chi connectivity index (χ3v) is 3.53. The zero-order chi connectivity index (χ0) is 20.0. The number of H-pyrrole nitrogens is 1. The van der Waals surface area contributed by atoms with Crippen molar-refractivity contribution in [2.24, 2.45) is 0 Å². The molecule has 0 aromatic carbocycles. The largest absolute Gasteiger partial charge is 0.490 e. The minimum atomic E-state index is -5.08. The van der Waals surface area contributed by atoms with Crippen LogP contribution < -0.4 is 0 Å². The number of carboxylic acid groups (broad SMARTS) is 1. The molecule has 0 aliphatic rings. The van der Waals surface area contributed by atoms with E-state index in [1.54, 1.807) is 6.20 Å². The second kappa shape index (κ2) is 8.43. The second-order valence-corrected chi connectivity index (χ2v) is 5.45. The molecule has 0 saturated heterocycles. The van der Waals surface area contributed by atoms with E-state index in [4.69, 9.17) is 14.4 Å². The Balaban J connectivity index is 0.000000321. The molecular weight excluding hydrogens is 367 g/mol. The summed E-state index contributed by atoms with van der Waals surface area (Å²) >= 11 is 0. The molecule has 0 aliphatic heterocycles. The molecule has 3 heterocycles. The molecular formula is C16H16F3N5O3. The molecule has 0 fully saturated rings. The predicted molar refractivity (Wildman–Crippen MR) is 86.7 cm³/mol. The highest BCUT2D eigenvalue weighted by Gasteiger charge is 2.38. The normalized spacial score (nSPS) is 11.0. The first-order valence-corrected chi connectivity index (χ1v) is 7.73. The molecule has 0 spiro atoms. The van der Waals surface area contributed by atoms with Crippen LogP contribution in [0.3, 0.4) is 0 Å². The molecule has 3 rings (SSSR count). The average molecular weight is 383 g/mol. The van der Waals surface area contributed by atoms with Gasteiger partial charge in [0, 0.05) is 24.7 Å². The third kappa shape index (κ3) is 5.62. The maximum absolute atomic E-state index is 10.6. The van der Waals surface area contributed by atoms with Crippen molar-refractivity contribution in [3.05, 3.63) is 47.2 Å². The minimum Gasteiger partial charge on any atom is -0.475 e. The number of aromatic nitrogens is 5. The van der Waals surface area contributed by atoms with E-state index in [0.717, 1.165) is 17.8 Å². The molecule has 0 unspecified atom stereocenters. The summed E-state index contributed by atoms with van der Waals surface area (Å²) in [7, 11) is 0. The van der Waals surface area contributed by atoms with Crippen LogP contribution in [0.1, 0.15) is 22.8 Å². The fraction of sp³-hybridized carbons (Fsp3) is 0.312. The van der Waals surface area contributed by atoms with E-state index in [1.807, 2.05) is 25.1 Å². The molecule has 144 valence electrons. The summed E-state index contributed by atoms with van der Waals surface area (Å²) in [4.78, 5) is 17.4. The number of aliphatic carboxylic acids is 1. The Morgan fingerprint density at radius 1 is 1.26 bits per heavy atom. The fourth-order valence-corrected chi connectivity index (χ4v) is 1.96. The van der Waals surface area contributed by atoms with Gasteiger partial charge in [-0.05, 0) is 31.5 Å². The van der Waals surface area contributed by atoms with Crippen molar-refractivity contribution in [1.29, 1.82) is 0 Å². The lowest BCUT2D eigenvalue weighted by atomic mass is 10.1. The lowest BCUT2D eigenvalue weighted by Crippen LogP contribution is -2.21. The number of hydrogen-bond acceptors (Lipinski definition) is 6. The van der Waals surface area contributed by atoms with Crippen molar-refractivity contribution in [3.63, 3.8) is 0 Å². The number of nitrogens with one attached hydrogen (secondary N) is 1. The van der Waals surface area contributed by atoms with Gasteiger partial charge in [-0.15, -0.1) is 0 Å². The third-order valence-electron chi connectivity index (χ3n) is 3.53. The van der Waals surface area contributed by atoms with Crippen LogP contribution in [0.25, 0.3) is 11.5 Å². The van der Waals surface area contributed by atoms with Crippen molar-refractivity contribution >= 4 is 5.97 Å². The molecule has 3 aromatic heterocycles. The molecule has 8 nitrogen and oxygen atoms in total. The van der Waals surface area contributed by atoms with Crippen LogP contribution in [-0.2, 0) is 17.6 Å². The summed E-state index contributed by atoms with van der Waals surface area (Å²) in [5, 5.41) is 18.3. The van der Waals surface area contributed by atoms with Gasteiger partial charge in [0.2, 0.25) is 11.7 Å². The number of rotatable bonds is 4. The number of hydrogen-bond donors (Lipinski definition) is 2. The maximum Gasteiger partial charge on any atom is 0.490 e. The van der Waals surface area contributed by atoms with Gasteiger partial charge in [0.1, 0.15) is 5.69 Å². The van der Waals surface area contributed by atoms with Crippen molar-refractivity contribution in [1.82, 2.24) is 25.3 Å². The predicted octanol–water partition coefficient (Wildman–Crippen LogP) is 2.89. The quantitative estimate of drug-likeness (QED) is 0.711. The van der Waals surface area contributed by atoms with E-state index in [0.29, 0.717) is 23.8 Å². The molecule has 0 radical (unpaired) electrons. The van der Waals surface area contributed by atoms with Gasteiger partial charge in [-0.3, -0.25) is 10.1 Å². The van der Waals surface area contributed by atoms with Gasteiger partial charge < -0.3 is 9.63 Å². The van der Waals surface area contributed by atoms with E-state index < -0.39 is 12.1 Å². The summed E-state index contributed by atoms with van der Waals surface area (Å²) in [6, 6.07) is 5.61. The van der Waals surface area contributed by atoms with Crippen LogP contribution in [0.2, 0.25) is 0 Å². The van der Waals surface area contributed by atoms with Crippen LogP contribution >= 0.6 is 0 Å². The molecule has 0 atom stereocenters. The van der Waals surface area contributed by atoms with Gasteiger partial charge in [0.15, 0.2) is 0 Å². The van der Waals surface area contributed by atoms with Crippen LogP contribution in [0.5, 0.6) is 0 Å². The van der Waals surface area contributed by atoms with Crippen molar-refractivity contribution in [2.75, 3.05) is 0 Å². The van der Waals surface area contributed by atoms with E-state index in [9.17, 15) is 13.2 Å². The monoisotopic (exact) mass is 383 g/mol. The van der Waals surface area contributed by atoms with Gasteiger partial charge in [-0.1, -0.05) is 11.2 Å². The van der Waals surface area contributed by atoms with Gasteiger partial charge in [-0.2, -0.15) is 23.3 Å². The number of halogens is 3. The molecule has 0 bridgehead atoms. The summed E-state index contributed by atoms with van der Waals surface area (Å²) in [6.45, 7) is 4.07. The first-order chi connectivity index (χ1) is 12.7. The van der Waals surface area contributed by atoms with E-state index >= 15 is 0 Å². The number of aryl methyl sites for hydroxylation is 3. The Labute approximate surface area is 151 Å². The number of pyridine rings is 1. The number of nitrogens with zero attached hydrogens (tertiary/aromatic N) is 4. The minimum absolute atomic E-state index is 0.524. The van der Waals surface area contributed by atoms with E-state index in [1.165, 1.54) is 5.56 Å². The van der Waals surface area contributed by atoms with Crippen molar-refractivity contribution < 1.29 is 27.6 Å². The average Bonchev–Trinajstić information content (AvgIpc) is 3.22. The van der Waals surface area contributed by atoms with Crippen LogP contribution in [0, 0.1) is 13.8 Å². The molecule has 2 N–H and O–H groups in total. The summed E-state index contributed by atoms with van der Waals surface area (Å²) in [6.07, 6.45) is -1.92. The molecule has 0 amide bonds. The lowest BCUT2D eigenvalue weighted by molar-refractivity contribution is -0.192. The highest BCUT2D eigenvalue weighted by atomic mass is 19.4. The topological polar surface area (TPSA) is 118 Å². The Morgan fingerprint density at radius 2 is 1.96 bits per heavy atom. The second-order valence-electron chi connectivity index (χ2n) is 5.45. The van der Waals surface area contributed by atoms with E-state index in [-0.39, 0.29) is 0 Å². The number of carboxylic acids is 1. The molecule has 3 aromatic rings. The van der Waals surface area contributed by atoms with Crippen LogP contribution in [0.15, 0.2) is 28.9 Å². The van der Waals surface area contributed by atoms with Gasteiger partial charge in [0.25, 0.3) is 0 Å². The van der Waals surface area contributed by atoms with Crippen LogP contribution in [0.4, 0.5) is 13.2 Å².